The first-order valence-electron chi connectivity index (χ1n) is 21.8. The number of hydrogen-bond donors (Lipinski definition) is 1. The number of pyridine rings is 3. The summed E-state index contributed by atoms with van der Waals surface area (Å²) in [6.45, 7) is 0. The van der Waals surface area contributed by atoms with Gasteiger partial charge in [-0.05, 0) is 116 Å². The van der Waals surface area contributed by atoms with E-state index in [1.807, 2.05) is 48.8 Å². The summed E-state index contributed by atoms with van der Waals surface area (Å²) in [5.74, 6) is 1.76. The van der Waals surface area contributed by atoms with Crippen molar-refractivity contribution >= 4 is 5.69 Å². The molecule has 1 spiro atoms. The Labute approximate surface area is 371 Å². The van der Waals surface area contributed by atoms with Crippen LogP contribution >= 0.6 is 0 Å². The van der Waals surface area contributed by atoms with Crippen LogP contribution in [0.5, 0.6) is 11.5 Å². The monoisotopic (exact) mass is 818 g/mol. The quantitative estimate of drug-likeness (QED) is 0.187. The van der Waals surface area contributed by atoms with Gasteiger partial charge in [-0.3, -0.25) is 9.97 Å². The lowest BCUT2D eigenvalue weighted by atomic mass is 9.65. The van der Waals surface area contributed by atoms with Gasteiger partial charge in [-0.1, -0.05) is 152 Å². The Hall–Kier alpha value is -8.41. The Bertz CT molecular complexity index is 3340. The molecule has 3 aliphatic rings. The maximum Gasteiger partial charge on any atom is 0.132 e. The molecule has 0 bridgehead atoms. The lowest BCUT2D eigenvalue weighted by molar-refractivity contribution is 0.436. The third-order valence-electron chi connectivity index (χ3n) is 13.3. The molecule has 2 aliphatic heterocycles. The van der Waals surface area contributed by atoms with E-state index in [1.165, 1.54) is 50.1 Å². The Balaban J connectivity index is 1.06. The van der Waals surface area contributed by atoms with Gasteiger partial charge in [0.05, 0.1) is 34.2 Å². The molecule has 64 heavy (non-hydrogen) atoms. The zero-order valence-electron chi connectivity index (χ0n) is 34.6. The summed E-state index contributed by atoms with van der Waals surface area (Å²) in [6, 6.07) is 73.7. The lowest BCUT2D eigenvalue weighted by Crippen LogP contribution is -2.32. The second-order valence-corrected chi connectivity index (χ2v) is 16.7. The number of fused-ring (bicyclic) bond motifs is 13. The smallest absolute Gasteiger partial charge is 0.132 e. The molecule has 0 saturated carbocycles. The van der Waals surface area contributed by atoms with Gasteiger partial charge in [0, 0.05) is 34.8 Å². The zero-order valence-corrected chi connectivity index (χ0v) is 34.6. The first-order valence-corrected chi connectivity index (χ1v) is 21.8. The van der Waals surface area contributed by atoms with Crippen LogP contribution in [-0.4, -0.2) is 15.0 Å². The number of benzene rings is 7. The van der Waals surface area contributed by atoms with Crippen LogP contribution in [0.3, 0.4) is 0 Å². The molecule has 0 saturated heterocycles. The van der Waals surface area contributed by atoms with Crippen LogP contribution in [0.2, 0.25) is 0 Å². The third-order valence-corrected chi connectivity index (χ3v) is 13.3. The van der Waals surface area contributed by atoms with E-state index in [4.69, 9.17) is 9.72 Å². The Kier molecular flexibility index (Phi) is 8.12. The fraction of sp³-hybridized carbons (Fsp3) is 0.0339. The number of para-hydroxylation sites is 3. The SMILES string of the molecule is c1ccc(C2Nc3ccccc3-c3c2ccc2c3-c3c(-c4ccc(-c5cc(-c6ccccn6)nc(-c6ccccn6)c5)cc4)cccc3C23c2ccccc2Oc2ccccc23)cc1. The number of anilines is 1. The predicted molar refractivity (Wildman–Crippen MR) is 256 cm³/mol. The highest BCUT2D eigenvalue weighted by atomic mass is 16.5. The zero-order chi connectivity index (χ0) is 42.2. The molecular weight excluding hydrogens is 781 g/mol. The number of hydrogen-bond acceptors (Lipinski definition) is 5. The molecule has 1 aliphatic carbocycles. The van der Waals surface area contributed by atoms with Crippen LogP contribution in [0.25, 0.3) is 67.3 Å². The highest BCUT2D eigenvalue weighted by Gasteiger charge is 2.53. The minimum atomic E-state index is -0.635. The molecule has 300 valence electrons. The van der Waals surface area contributed by atoms with Gasteiger partial charge in [0.2, 0.25) is 0 Å². The summed E-state index contributed by atoms with van der Waals surface area (Å²) in [6.07, 6.45) is 3.62. The standard InChI is InChI=1S/C59H38N4O/c1-2-15-39(16-3-1)58-43-31-32-47-57(55(43)42-17-4-7-22-48(42)63-58)56-41(18-14-21-46(56)59(47)44-19-5-8-25-53(44)64-54-26-9-6-20-45(54)59)38-29-27-37(28-30-38)40-35-51(49-23-10-12-33-60-49)62-52(36-40)50-24-11-13-34-61-50/h1-36,58,63H. The minimum Gasteiger partial charge on any atom is -0.457 e. The van der Waals surface area contributed by atoms with E-state index in [2.05, 4.69) is 185 Å². The highest BCUT2D eigenvalue weighted by molar-refractivity contribution is 6.06. The van der Waals surface area contributed by atoms with Crippen molar-refractivity contribution in [3.8, 4) is 78.8 Å². The molecule has 7 aromatic carbocycles. The molecule has 1 atom stereocenters. The number of nitrogens with zero attached hydrogens (tertiary/aromatic N) is 3. The van der Waals surface area contributed by atoms with Crippen molar-refractivity contribution < 1.29 is 4.74 Å². The highest BCUT2D eigenvalue weighted by Crippen LogP contribution is 2.66. The predicted octanol–water partition coefficient (Wildman–Crippen LogP) is 14.2. The molecule has 0 amide bonds. The summed E-state index contributed by atoms with van der Waals surface area (Å²) < 4.78 is 6.76. The van der Waals surface area contributed by atoms with Gasteiger partial charge in [0.1, 0.15) is 11.5 Å². The molecule has 1 unspecified atom stereocenters. The summed E-state index contributed by atoms with van der Waals surface area (Å²) in [4.78, 5) is 14.4. The van der Waals surface area contributed by atoms with E-state index in [-0.39, 0.29) is 6.04 Å². The van der Waals surface area contributed by atoms with Crippen molar-refractivity contribution in [3.63, 3.8) is 0 Å². The van der Waals surface area contributed by atoms with Crippen molar-refractivity contribution in [2.75, 3.05) is 5.32 Å². The van der Waals surface area contributed by atoms with E-state index in [0.717, 1.165) is 67.8 Å². The second kappa shape index (κ2) is 14.3. The molecule has 0 radical (unpaired) electrons. The number of nitrogens with one attached hydrogen (secondary N) is 1. The Morgan fingerprint density at radius 2 is 0.984 bits per heavy atom. The average molecular weight is 819 g/mol. The average Bonchev–Trinajstić information content (AvgIpc) is 3.67. The van der Waals surface area contributed by atoms with Crippen molar-refractivity contribution in [1.29, 1.82) is 0 Å². The molecule has 3 aromatic heterocycles. The van der Waals surface area contributed by atoms with Gasteiger partial charge in [-0.2, -0.15) is 0 Å². The second-order valence-electron chi connectivity index (χ2n) is 16.7. The van der Waals surface area contributed by atoms with E-state index < -0.39 is 5.41 Å². The maximum absolute atomic E-state index is 6.76. The molecular formula is C59H38N4O. The third kappa shape index (κ3) is 5.41. The van der Waals surface area contributed by atoms with Crippen molar-refractivity contribution in [2.24, 2.45) is 0 Å². The maximum atomic E-state index is 6.76. The van der Waals surface area contributed by atoms with E-state index in [9.17, 15) is 0 Å². The van der Waals surface area contributed by atoms with Gasteiger partial charge >= 0.3 is 0 Å². The van der Waals surface area contributed by atoms with Crippen LogP contribution in [0.4, 0.5) is 5.69 Å². The van der Waals surface area contributed by atoms with Crippen LogP contribution in [0.1, 0.15) is 39.4 Å². The summed E-state index contributed by atoms with van der Waals surface area (Å²) in [5, 5.41) is 3.95. The molecule has 5 nitrogen and oxygen atoms in total. The molecule has 0 fully saturated rings. The first-order chi connectivity index (χ1) is 31.7. The number of ether oxygens (including phenoxy) is 1. The van der Waals surface area contributed by atoms with Crippen LogP contribution in [0, 0.1) is 0 Å². The van der Waals surface area contributed by atoms with Crippen LogP contribution in [-0.2, 0) is 5.41 Å². The fourth-order valence-corrected chi connectivity index (χ4v) is 10.6. The molecule has 13 rings (SSSR count). The van der Waals surface area contributed by atoms with Crippen LogP contribution < -0.4 is 10.1 Å². The lowest BCUT2D eigenvalue weighted by Gasteiger charge is -2.40. The fourth-order valence-electron chi connectivity index (χ4n) is 10.6. The van der Waals surface area contributed by atoms with E-state index >= 15 is 0 Å². The molecule has 10 aromatic rings. The summed E-state index contributed by atoms with van der Waals surface area (Å²) in [7, 11) is 0. The van der Waals surface area contributed by atoms with Gasteiger partial charge in [0.15, 0.2) is 0 Å². The topological polar surface area (TPSA) is 59.9 Å². The molecule has 5 heterocycles. The van der Waals surface area contributed by atoms with Gasteiger partial charge in [-0.15, -0.1) is 0 Å². The number of aromatic nitrogens is 3. The molecule has 1 N–H and O–H groups in total. The summed E-state index contributed by atoms with van der Waals surface area (Å²) >= 11 is 0. The van der Waals surface area contributed by atoms with Crippen molar-refractivity contribution in [2.45, 2.75) is 11.5 Å². The van der Waals surface area contributed by atoms with Crippen molar-refractivity contribution in [1.82, 2.24) is 15.0 Å². The van der Waals surface area contributed by atoms with E-state index in [1.54, 1.807) is 0 Å². The van der Waals surface area contributed by atoms with E-state index in [0.29, 0.717) is 0 Å². The normalized spacial score (nSPS) is 14.5. The van der Waals surface area contributed by atoms with Gasteiger partial charge in [-0.25, -0.2) is 4.98 Å². The minimum absolute atomic E-state index is 0.0376. The van der Waals surface area contributed by atoms with Crippen LogP contribution in [0.15, 0.2) is 219 Å². The molecule has 5 heteroatoms. The first kappa shape index (κ1) is 36.3. The van der Waals surface area contributed by atoms with Crippen molar-refractivity contribution in [3.05, 3.63) is 252 Å². The van der Waals surface area contributed by atoms with Gasteiger partial charge < -0.3 is 10.1 Å². The summed E-state index contributed by atoms with van der Waals surface area (Å²) in [5.41, 5.74) is 20.5. The Morgan fingerprint density at radius 1 is 0.406 bits per heavy atom. The Morgan fingerprint density at radius 3 is 1.67 bits per heavy atom. The largest absolute Gasteiger partial charge is 0.457 e. The van der Waals surface area contributed by atoms with Gasteiger partial charge in [0.25, 0.3) is 0 Å². The number of rotatable bonds is 5.